The van der Waals surface area contributed by atoms with Gasteiger partial charge in [0, 0.05) is 6.08 Å². The Labute approximate surface area is 151 Å². The first kappa shape index (κ1) is 17.7. The Bertz CT molecular complexity index is 887. The lowest BCUT2D eigenvalue weighted by atomic mass is 10.2. The van der Waals surface area contributed by atoms with E-state index >= 15 is 0 Å². The zero-order valence-corrected chi connectivity index (χ0v) is 14.0. The van der Waals surface area contributed by atoms with E-state index in [4.69, 9.17) is 9.68 Å². The Morgan fingerprint density at radius 1 is 1.35 bits per heavy atom. The summed E-state index contributed by atoms with van der Waals surface area (Å²) in [6.07, 6.45) is 2.96. The lowest BCUT2D eigenvalue weighted by Crippen LogP contribution is -2.30. The van der Waals surface area contributed by atoms with E-state index in [1.54, 1.807) is 12.1 Å². The standard InChI is InChI=1S/C17H11F2N3O3S/c18-16(19)25-12-5-3-11(4-6-12)22-15(23)14(10-13-2-1-8-24-13)21-17(22)26-9-7-20/h1-6,8,10,16H,9H2. The van der Waals surface area contributed by atoms with Crippen molar-refractivity contribution in [2.24, 2.45) is 4.99 Å². The van der Waals surface area contributed by atoms with Crippen molar-refractivity contribution >= 4 is 34.6 Å². The number of nitrogens with zero attached hydrogens (tertiary/aromatic N) is 3. The van der Waals surface area contributed by atoms with Gasteiger partial charge in [-0.05, 0) is 36.4 Å². The summed E-state index contributed by atoms with van der Waals surface area (Å²) < 4.78 is 34.0. The van der Waals surface area contributed by atoms with E-state index in [0.29, 0.717) is 16.6 Å². The largest absolute Gasteiger partial charge is 0.465 e. The van der Waals surface area contributed by atoms with Crippen LogP contribution in [0.5, 0.6) is 5.75 Å². The summed E-state index contributed by atoms with van der Waals surface area (Å²) >= 11 is 1.09. The number of thioether (sulfide) groups is 1. The fourth-order valence-corrected chi connectivity index (χ4v) is 2.88. The maximum atomic E-state index is 12.7. The lowest BCUT2D eigenvalue weighted by Gasteiger charge is -2.17. The van der Waals surface area contributed by atoms with Gasteiger partial charge in [-0.15, -0.1) is 0 Å². The van der Waals surface area contributed by atoms with Crippen LogP contribution in [0.4, 0.5) is 14.5 Å². The van der Waals surface area contributed by atoms with Crippen molar-refractivity contribution in [1.29, 1.82) is 5.26 Å². The van der Waals surface area contributed by atoms with Crippen LogP contribution in [0.3, 0.4) is 0 Å². The second-order valence-corrected chi connectivity index (χ2v) is 5.84. The molecule has 9 heteroatoms. The number of nitriles is 1. The van der Waals surface area contributed by atoms with Crippen LogP contribution < -0.4 is 9.64 Å². The van der Waals surface area contributed by atoms with Crippen LogP contribution in [0.1, 0.15) is 5.76 Å². The van der Waals surface area contributed by atoms with Crippen molar-refractivity contribution in [2.45, 2.75) is 6.61 Å². The monoisotopic (exact) mass is 375 g/mol. The number of carbonyl (C=O) groups excluding carboxylic acids is 1. The van der Waals surface area contributed by atoms with Gasteiger partial charge >= 0.3 is 6.61 Å². The Balaban J connectivity index is 1.90. The number of benzene rings is 1. The zero-order valence-electron chi connectivity index (χ0n) is 13.1. The highest BCUT2D eigenvalue weighted by atomic mass is 32.2. The SMILES string of the molecule is N#CCSC1=NC(=Cc2ccco2)C(=O)N1c1ccc(OC(F)F)cc1. The summed E-state index contributed by atoms with van der Waals surface area (Å²) in [6, 6.07) is 10.9. The first-order valence-electron chi connectivity index (χ1n) is 7.31. The molecule has 0 saturated heterocycles. The Morgan fingerprint density at radius 2 is 2.12 bits per heavy atom. The number of amides is 1. The van der Waals surface area contributed by atoms with Gasteiger partial charge in [0.2, 0.25) is 0 Å². The van der Waals surface area contributed by atoms with E-state index < -0.39 is 12.5 Å². The highest BCUT2D eigenvalue weighted by molar-refractivity contribution is 8.14. The average Bonchev–Trinajstić information content (AvgIpc) is 3.22. The van der Waals surface area contributed by atoms with Crippen LogP contribution in [-0.2, 0) is 4.79 Å². The van der Waals surface area contributed by atoms with Gasteiger partial charge in [-0.3, -0.25) is 9.69 Å². The number of ether oxygens (including phenoxy) is 1. The van der Waals surface area contributed by atoms with Gasteiger partial charge in [0.25, 0.3) is 5.91 Å². The van der Waals surface area contributed by atoms with E-state index in [2.05, 4.69) is 9.73 Å². The molecule has 0 radical (unpaired) electrons. The van der Waals surface area contributed by atoms with Crippen LogP contribution in [0, 0.1) is 11.3 Å². The van der Waals surface area contributed by atoms with E-state index in [0.717, 1.165) is 11.8 Å². The third-order valence-electron chi connectivity index (χ3n) is 3.24. The van der Waals surface area contributed by atoms with Gasteiger partial charge in [0.05, 0.1) is 23.8 Å². The number of halogens is 2. The lowest BCUT2D eigenvalue weighted by molar-refractivity contribution is -0.113. The number of furan rings is 1. The molecule has 0 atom stereocenters. The molecule has 0 unspecified atom stereocenters. The quantitative estimate of drug-likeness (QED) is 0.741. The molecule has 2 heterocycles. The topological polar surface area (TPSA) is 78.8 Å². The van der Waals surface area contributed by atoms with Crippen molar-refractivity contribution in [3.63, 3.8) is 0 Å². The fourth-order valence-electron chi connectivity index (χ4n) is 2.20. The van der Waals surface area contributed by atoms with Crippen molar-refractivity contribution in [3.8, 4) is 11.8 Å². The predicted molar refractivity (Wildman–Crippen MR) is 92.8 cm³/mol. The predicted octanol–water partition coefficient (Wildman–Crippen LogP) is 3.88. The molecule has 1 aliphatic rings. The maximum absolute atomic E-state index is 12.7. The number of hydrogen-bond acceptors (Lipinski definition) is 6. The minimum atomic E-state index is -2.93. The molecule has 1 amide bonds. The van der Waals surface area contributed by atoms with Crippen molar-refractivity contribution in [3.05, 3.63) is 54.1 Å². The number of alkyl halides is 2. The summed E-state index contributed by atoms with van der Waals surface area (Å²) in [5.74, 6) is 0.127. The Morgan fingerprint density at radius 3 is 2.73 bits per heavy atom. The van der Waals surface area contributed by atoms with Gasteiger partial charge in [0.1, 0.15) is 17.2 Å². The van der Waals surface area contributed by atoms with Gasteiger partial charge in [-0.1, -0.05) is 11.8 Å². The average molecular weight is 375 g/mol. The van der Waals surface area contributed by atoms with Crippen molar-refractivity contribution in [2.75, 3.05) is 10.7 Å². The van der Waals surface area contributed by atoms with Gasteiger partial charge < -0.3 is 9.15 Å². The molecule has 132 valence electrons. The van der Waals surface area contributed by atoms with E-state index in [-0.39, 0.29) is 17.2 Å². The third kappa shape index (κ3) is 3.92. The minimum absolute atomic E-state index is 0.0232. The molecule has 0 spiro atoms. The normalized spacial score (nSPS) is 15.5. The van der Waals surface area contributed by atoms with Gasteiger partial charge in [-0.25, -0.2) is 4.99 Å². The maximum Gasteiger partial charge on any atom is 0.387 e. The number of amidine groups is 1. The van der Waals surface area contributed by atoms with Gasteiger partial charge in [0.15, 0.2) is 5.17 Å². The molecule has 0 aliphatic carbocycles. The molecule has 1 aromatic carbocycles. The van der Waals surface area contributed by atoms with Crippen LogP contribution >= 0.6 is 11.8 Å². The molecule has 3 rings (SSSR count). The zero-order chi connectivity index (χ0) is 18.5. The second kappa shape index (κ2) is 7.84. The molecule has 26 heavy (non-hydrogen) atoms. The summed E-state index contributed by atoms with van der Waals surface area (Å²) in [5.41, 5.74) is 0.567. The number of hydrogen-bond donors (Lipinski definition) is 0. The molecule has 0 bridgehead atoms. The molecule has 1 aromatic heterocycles. The number of rotatable bonds is 5. The highest BCUT2D eigenvalue weighted by Gasteiger charge is 2.32. The molecule has 6 nitrogen and oxygen atoms in total. The molecular weight excluding hydrogens is 364 g/mol. The minimum Gasteiger partial charge on any atom is -0.465 e. The van der Waals surface area contributed by atoms with Crippen LogP contribution in [0.25, 0.3) is 6.08 Å². The molecule has 2 aromatic rings. The van der Waals surface area contributed by atoms with Crippen molar-refractivity contribution < 1.29 is 22.7 Å². The van der Waals surface area contributed by atoms with E-state index in [1.165, 1.54) is 41.5 Å². The summed E-state index contributed by atoms with van der Waals surface area (Å²) in [5, 5.41) is 9.11. The van der Waals surface area contributed by atoms with Crippen LogP contribution in [0.2, 0.25) is 0 Å². The van der Waals surface area contributed by atoms with Crippen LogP contribution in [-0.4, -0.2) is 23.4 Å². The fraction of sp³-hybridized carbons (Fsp3) is 0.118. The van der Waals surface area contributed by atoms with Gasteiger partial charge in [-0.2, -0.15) is 14.0 Å². The molecule has 0 saturated carbocycles. The van der Waals surface area contributed by atoms with Crippen molar-refractivity contribution in [1.82, 2.24) is 0 Å². The Kier molecular flexibility index (Phi) is 5.34. The molecule has 0 N–H and O–H groups in total. The third-order valence-corrected chi connectivity index (χ3v) is 4.04. The summed E-state index contributed by atoms with van der Waals surface area (Å²) in [7, 11) is 0. The number of anilines is 1. The van der Waals surface area contributed by atoms with E-state index in [9.17, 15) is 13.6 Å². The first-order chi connectivity index (χ1) is 12.6. The number of carbonyl (C=O) groups is 1. The summed E-state index contributed by atoms with van der Waals surface area (Å²) in [4.78, 5) is 18.3. The number of aliphatic imine (C=N–C) groups is 1. The summed E-state index contributed by atoms with van der Waals surface area (Å²) in [6.45, 7) is -2.93. The van der Waals surface area contributed by atoms with E-state index in [1.807, 2.05) is 6.07 Å². The first-order valence-corrected chi connectivity index (χ1v) is 8.30. The molecular formula is C17H11F2N3O3S. The molecule has 1 aliphatic heterocycles. The second-order valence-electron chi connectivity index (χ2n) is 4.90. The Hall–Kier alpha value is -3.12. The molecule has 0 fully saturated rings. The van der Waals surface area contributed by atoms with Crippen LogP contribution in [0.15, 0.2) is 57.8 Å². The highest BCUT2D eigenvalue weighted by Crippen LogP contribution is 2.30. The smallest absolute Gasteiger partial charge is 0.387 e.